The van der Waals surface area contributed by atoms with Crippen molar-refractivity contribution in [2.24, 2.45) is 0 Å². The lowest BCUT2D eigenvalue weighted by molar-refractivity contribution is 0.476. The van der Waals surface area contributed by atoms with Crippen LogP contribution in [0.1, 0.15) is 0 Å². The van der Waals surface area contributed by atoms with Crippen molar-refractivity contribution in [1.29, 1.82) is 0 Å². The Morgan fingerprint density at radius 2 is 1.23 bits per heavy atom. The first-order valence-corrected chi connectivity index (χ1v) is 7.19. The number of benzene rings is 4. The molecule has 0 saturated carbocycles. The molecule has 0 spiro atoms. The van der Waals surface area contributed by atoms with Gasteiger partial charge in [0.05, 0.1) is 0 Å². The molecule has 106 valence electrons. The van der Waals surface area contributed by atoms with Crippen LogP contribution in [0.3, 0.4) is 0 Å². The van der Waals surface area contributed by atoms with Gasteiger partial charge in [0.15, 0.2) is 0 Å². The topological polar surface area (TPSA) is 29.5 Å². The minimum atomic E-state index is 0.259. The number of phenols is 1. The van der Waals surface area contributed by atoms with Crippen molar-refractivity contribution in [2.45, 2.75) is 0 Å². The largest absolute Gasteiger partial charge is 0.508 e. The van der Waals surface area contributed by atoms with Gasteiger partial charge in [-0.2, -0.15) is 0 Å². The van der Waals surface area contributed by atoms with E-state index in [0.717, 1.165) is 33.0 Å². The molecule has 0 aliphatic heterocycles. The van der Waals surface area contributed by atoms with Crippen LogP contribution >= 0.6 is 0 Å². The summed E-state index contributed by atoms with van der Waals surface area (Å²) in [5, 5.41) is 13.8. The third-order valence-electron chi connectivity index (χ3n) is 3.79. The standard InChI is InChI=1S/C20H14O2/c21-16-11-12-18-15(13-16)7-4-10-20(18)22-19-9-3-6-14-5-1-2-8-17(14)19/h1-13,21H. The van der Waals surface area contributed by atoms with Crippen LogP contribution in [0.4, 0.5) is 0 Å². The lowest BCUT2D eigenvalue weighted by Gasteiger charge is -2.11. The van der Waals surface area contributed by atoms with Crippen molar-refractivity contribution in [3.05, 3.63) is 78.9 Å². The zero-order chi connectivity index (χ0) is 14.9. The van der Waals surface area contributed by atoms with Gasteiger partial charge in [-0.3, -0.25) is 0 Å². The van der Waals surface area contributed by atoms with Crippen molar-refractivity contribution >= 4 is 21.5 Å². The summed E-state index contributed by atoms with van der Waals surface area (Å²) >= 11 is 0. The molecular weight excluding hydrogens is 272 g/mol. The van der Waals surface area contributed by atoms with Gasteiger partial charge in [0.25, 0.3) is 0 Å². The molecule has 0 bridgehead atoms. The summed E-state index contributed by atoms with van der Waals surface area (Å²) in [6.45, 7) is 0. The molecule has 4 aromatic rings. The van der Waals surface area contributed by atoms with Gasteiger partial charge in [-0.25, -0.2) is 0 Å². The van der Waals surface area contributed by atoms with Gasteiger partial charge in [-0.05, 0) is 41.1 Å². The van der Waals surface area contributed by atoms with E-state index in [4.69, 9.17) is 4.74 Å². The second-order valence-electron chi connectivity index (χ2n) is 5.24. The molecule has 0 amide bonds. The van der Waals surface area contributed by atoms with Crippen LogP contribution in [0.15, 0.2) is 78.9 Å². The van der Waals surface area contributed by atoms with E-state index in [2.05, 4.69) is 18.2 Å². The molecule has 0 fully saturated rings. The fraction of sp³-hybridized carbons (Fsp3) is 0. The number of ether oxygens (including phenoxy) is 1. The molecule has 0 saturated heterocycles. The summed E-state index contributed by atoms with van der Waals surface area (Å²) < 4.78 is 6.16. The Kier molecular flexibility index (Phi) is 2.94. The van der Waals surface area contributed by atoms with E-state index in [1.165, 1.54) is 0 Å². The van der Waals surface area contributed by atoms with Crippen molar-refractivity contribution < 1.29 is 9.84 Å². The molecule has 1 N–H and O–H groups in total. The minimum Gasteiger partial charge on any atom is -0.508 e. The number of rotatable bonds is 2. The van der Waals surface area contributed by atoms with Gasteiger partial charge in [0, 0.05) is 10.8 Å². The Hall–Kier alpha value is -3.00. The second-order valence-corrected chi connectivity index (χ2v) is 5.24. The second kappa shape index (κ2) is 5.08. The molecule has 2 nitrogen and oxygen atoms in total. The highest BCUT2D eigenvalue weighted by atomic mass is 16.5. The normalized spacial score (nSPS) is 10.9. The van der Waals surface area contributed by atoms with E-state index < -0.39 is 0 Å². The fourth-order valence-electron chi connectivity index (χ4n) is 2.73. The first-order valence-electron chi connectivity index (χ1n) is 7.19. The maximum atomic E-state index is 9.61. The van der Waals surface area contributed by atoms with E-state index >= 15 is 0 Å². The highest BCUT2D eigenvalue weighted by molar-refractivity contribution is 5.92. The summed E-state index contributed by atoms with van der Waals surface area (Å²) in [5.74, 6) is 1.88. The molecule has 0 aromatic heterocycles. The van der Waals surface area contributed by atoms with Crippen molar-refractivity contribution in [3.63, 3.8) is 0 Å². The molecule has 0 atom stereocenters. The average Bonchev–Trinajstić information content (AvgIpc) is 2.55. The summed E-state index contributed by atoms with van der Waals surface area (Å²) in [6.07, 6.45) is 0. The third-order valence-corrected chi connectivity index (χ3v) is 3.79. The summed E-state index contributed by atoms with van der Waals surface area (Å²) in [5.41, 5.74) is 0. The maximum absolute atomic E-state index is 9.61. The Morgan fingerprint density at radius 1 is 0.591 bits per heavy atom. The molecule has 4 rings (SSSR count). The van der Waals surface area contributed by atoms with Gasteiger partial charge in [0.1, 0.15) is 17.2 Å². The first kappa shape index (κ1) is 12.7. The van der Waals surface area contributed by atoms with Crippen LogP contribution in [0.2, 0.25) is 0 Å². The lowest BCUT2D eigenvalue weighted by atomic mass is 10.1. The molecule has 22 heavy (non-hydrogen) atoms. The Morgan fingerprint density at radius 3 is 2.05 bits per heavy atom. The highest BCUT2D eigenvalue weighted by Gasteiger charge is 2.06. The Bertz CT molecular complexity index is 968. The molecule has 4 aromatic carbocycles. The quantitative estimate of drug-likeness (QED) is 0.528. The summed E-state index contributed by atoms with van der Waals surface area (Å²) in [7, 11) is 0. The van der Waals surface area contributed by atoms with Crippen molar-refractivity contribution in [2.75, 3.05) is 0 Å². The number of hydrogen-bond donors (Lipinski definition) is 1. The number of fused-ring (bicyclic) bond motifs is 2. The van der Waals surface area contributed by atoms with Gasteiger partial charge in [0.2, 0.25) is 0 Å². The fourth-order valence-corrected chi connectivity index (χ4v) is 2.73. The predicted molar refractivity (Wildman–Crippen MR) is 89.6 cm³/mol. The van der Waals surface area contributed by atoms with Crippen LogP contribution < -0.4 is 4.74 Å². The van der Waals surface area contributed by atoms with Gasteiger partial charge >= 0.3 is 0 Å². The van der Waals surface area contributed by atoms with E-state index in [1.807, 2.05) is 48.5 Å². The average molecular weight is 286 g/mol. The third kappa shape index (κ3) is 2.15. The molecular formula is C20H14O2. The van der Waals surface area contributed by atoms with Crippen LogP contribution in [-0.2, 0) is 0 Å². The molecule has 0 radical (unpaired) electrons. The zero-order valence-electron chi connectivity index (χ0n) is 11.9. The van der Waals surface area contributed by atoms with Crippen LogP contribution in [0.25, 0.3) is 21.5 Å². The highest BCUT2D eigenvalue weighted by Crippen LogP contribution is 2.34. The van der Waals surface area contributed by atoms with E-state index in [-0.39, 0.29) is 5.75 Å². The number of hydrogen-bond acceptors (Lipinski definition) is 2. The zero-order valence-corrected chi connectivity index (χ0v) is 11.9. The van der Waals surface area contributed by atoms with Gasteiger partial charge in [-0.15, -0.1) is 0 Å². The Balaban J connectivity index is 1.86. The Labute approximate surface area is 128 Å². The monoisotopic (exact) mass is 286 g/mol. The SMILES string of the molecule is Oc1ccc2c(Oc3cccc4ccccc34)cccc2c1. The lowest BCUT2D eigenvalue weighted by Crippen LogP contribution is -1.87. The van der Waals surface area contributed by atoms with Gasteiger partial charge < -0.3 is 9.84 Å². The van der Waals surface area contributed by atoms with Crippen LogP contribution in [0, 0.1) is 0 Å². The molecule has 0 aliphatic rings. The van der Waals surface area contributed by atoms with Crippen molar-refractivity contribution in [1.82, 2.24) is 0 Å². The number of aromatic hydroxyl groups is 1. The van der Waals surface area contributed by atoms with Gasteiger partial charge in [-0.1, -0.05) is 48.5 Å². The van der Waals surface area contributed by atoms with Crippen molar-refractivity contribution in [3.8, 4) is 17.2 Å². The molecule has 2 heteroatoms. The summed E-state index contributed by atoms with van der Waals surface area (Å²) in [4.78, 5) is 0. The smallest absolute Gasteiger partial charge is 0.135 e. The van der Waals surface area contributed by atoms with E-state index in [1.54, 1.807) is 12.1 Å². The molecule has 0 unspecified atom stereocenters. The number of phenolic OH excluding ortho intramolecular Hbond substituents is 1. The molecule has 0 heterocycles. The van der Waals surface area contributed by atoms with Crippen LogP contribution in [-0.4, -0.2) is 5.11 Å². The first-order chi connectivity index (χ1) is 10.8. The van der Waals surface area contributed by atoms with E-state index in [0.29, 0.717) is 0 Å². The van der Waals surface area contributed by atoms with Crippen LogP contribution in [0.5, 0.6) is 17.2 Å². The van der Waals surface area contributed by atoms with E-state index in [9.17, 15) is 5.11 Å². The maximum Gasteiger partial charge on any atom is 0.135 e. The molecule has 0 aliphatic carbocycles. The predicted octanol–water partition coefficient (Wildman–Crippen LogP) is 5.49. The summed E-state index contributed by atoms with van der Waals surface area (Å²) in [6, 6.07) is 25.3. The minimum absolute atomic E-state index is 0.259.